The molecule has 0 saturated carbocycles. The zero-order chi connectivity index (χ0) is 21.4. The second-order valence-electron chi connectivity index (χ2n) is 6.35. The summed E-state index contributed by atoms with van der Waals surface area (Å²) in [6.45, 7) is 3.38. The standard InChI is InChI=1S/C20H16ClF3N2O2S/c1-3-29(27,28)15-10-8-13(9-11-15)16-17(14-6-4-12(2)5-7-14)25-19(20(22,23)24)26-18(16)21/h4-11H,3H2,1-2H3. The van der Waals surface area contributed by atoms with Crippen LogP contribution in [0.3, 0.4) is 0 Å². The number of alkyl halides is 3. The fraction of sp³-hybridized carbons (Fsp3) is 0.200. The van der Waals surface area contributed by atoms with Crippen LogP contribution in [0.15, 0.2) is 53.4 Å². The van der Waals surface area contributed by atoms with Gasteiger partial charge < -0.3 is 0 Å². The van der Waals surface area contributed by atoms with Crippen LogP contribution in [0.25, 0.3) is 22.4 Å². The molecule has 0 aliphatic rings. The summed E-state index contributed by atoms with van der Waals surface area (Å²) in [4.78, 5) is 7.27. The molecular weight excluding hydrogens is 425 g/mol. The molecule has 0 aliphatic heterocycles. The van der Waals surface area contributed by atoms with Gasteiger partial charge in [0.1, 0.15) is 5.15 Å². The largest absolute Gasteiger partial charge is 0.451 e. The molecule has 4 nitrogen and oxygen atoms in total. The number of benzene rings is 2. The molecule has 1 heterocycles. The van der Waals surface area contributed by atoms with E-state index in [1.807, 2.05) is 6.92 Å². The molecule has 3 aromatic rings. The second kappa shape index (κ2) is 7.76. The zero-order valence-electron chi connectivity index (χ0n) is 15.5. The van der Waals surface area contributed by atoms with Gasteiger partial charge in [-0.1, -0.05) is 60.5 Å². The number of aromatic nitrogens is 2. The van der Waals surface area contributed by atoms with Crippen molar-refractivity contribution in [2.24, 2.45) is 0 Å². The van der Waals surface area contributed by atoms with Crippen molar-refractivity contribution in [1.82, 2.24) is 9.97 Å². The summed E-state index contributed by atoms with van der Waals surface area (Å²) >= 11 is 6.14. The lowest BCUT2D eigenvalue weighted by atomic mass is 10.00. The van der Waals surface area contributed by atoms with Crippen molar-refractivity contribution in [3.63, 3.8) is 0 Å². The van der Waals surface area contributed by atoms with Gasteiger partial charge in [0.15, 0.2) is 9.84 Å². The lowest BCUT2D eigenvalue weighted by molar-refractivity contribution is -0.144. The van der Waals surface area contributed by atoms with Crippen LogP contribution in [0, 0.1) is 6.92 Å². The Balaban J connectivity index is 2.24. The fourth-order valence-electron chi connectivity index (χ4n) is 2.73. The van der Waals surface area contributed by atoms with E-state index in [4.69, 9.17) is 11.6 Å². The van der Waals surface area contributed by atoms with Crippen molar-refractivity contribution in [3.05, 3.63) is 65.1 Å². The Hall–Kier alpha value is -2.45. The highest BCUT2D eigenvalue weighted by Gasteiger charge is 2.36. The first kappa shape index (κ1) is 21.3. The predicted octanol–water partition coefficient (Wildman–Crippen LogP) is 5.58. The number of halogens is 4. The number of aryl methyl sites for hydroxylation is 1. The maximum absolute atomic E-state index is 13.2. The second-order valence-corrected chi connectivity index (χ2v) is 8.99. The van der Waals surface area contributed by atoms with Crippen LogP contribution in [0.1, 0.15) is 18.3 Å². The molecule has 0 saturated heterocycles. The highest BCUT2D eigenvalue weighted by molar-refractivity contribution is 7.91. The molecule has 9 heteroatoms. The molecule has 0 amide bonds. The van der Waals surface area contributed by atoms with Crippen LogP contribution in [-0.2, 0) is 16.0 Å². The average Bonchev–Trinajstić information content (AvgIpc) is 2.67. The monoisotopic (exact) mass is 440 g/mol. The van der Waals surface area contributed by atoms with E-state index in [0.717, 1.165) is 5.56 Å². The van der Waals surface area contributed by atoms with E-state index in [-0.39, 0.29) is 27.1 Å². The lowest BCUT2D eigenvalue weighted by Crippen LogP contribution is -2.13. The van der Waals surface area contributed by atoms with Crippen LogP contribution >= 0.6 is 11.6 Å². The minimum atomic E-state index is -4.76. The van der Waals surface area contributed by atoms with Gasteiger partial charge in [-0.25, -0.2) is 18.4 Å². The average molecular weight is 441 g/mol. The number of hydrogen-bond acceptors (Lipinski definition) is 4. The van der Waals surface area contributed by atoms with Crippen molar-refractivity contribution in [2.75, 3.05) is 5.75 Å². The summed E-state index contributed by atoms with van der Waals surface area (Å²) in [7, 11) is -3.41. The van der Waals surface area contributed by atoms with Gasteiger partial charge in [0.2, 0.25) is 5.82 Å². The number of sulfone groups is 1. The molecule has 0 radical (unpaired) electrons. The zero-order valence-corrected chi connectivity index (χ0v) is 17.0. The molecule has 0 fully saturated rings. The van der Waals surface area contributed by atoms with Gasteiger partial charge in [0.25, 0.3) is 0 Å². The third-order valence-electron chi connectivity index (χ3n) is 4.33. The van der Waals surface area contributed by atoms with E-state index >= 15 is 0 Å². The van der Waals surface area contributed by atoms with Crippen LogP contribution < -0.4 is 0 Å². The van der Waals surface area contributed by atoms with Gasteiger partial charge in [-0.3, -0.25) is 0 Å². The Morgan fingerprint density at radius 1 is 0.931 bits per heavy atom. The SMILES string of the molecule is CCS(=O)(=O)c1ccc(-c2c(Cl)nc(C(F)(F)F)nc2-c2ccc(C)cc2)cc1. The van der Waals surface area contributed by atoms with E-state index in [2.05, 4.69) is 9.97 Å². The van der Waals surface area contributed by atoms with Gasteiger partial charge in [-0.15, -0.1) is 0 Å². The Bertz CT molecular complexity index is 1140. The van der Waals surface area contributed by atoms with E-state index in [0.29, 0.717) is 11.1 Å². The summed E-state index contributed by atoms with van der Waals surface area (Å²) < 4.78 is 63.7. The quantitative estimate of drug-likeness (QED) is 0.496. The van der Waals surface area contributed by atoms with Crippen LogP contribution in [0.5, 0.6) is 0 Å². The molecule has 3 rings (SSSR count). The molecule has 152 valence electrons. The summed E-state index contributed by atoms with van der Waals surface area (Å²) in [6, 6.07) is 12.5. The first-order chi connectivity index (χ1) is 13.5. The third kappa shape index (κ3) is 4.43. The fourth-order valence-corrected chi connectivity index (χ4v) is 3.89. The Morgan fingerprint density at radius 2 is 1.48 bits per heavy atom. The molecule has 0 atom stereocenters. The van der Waals surface area contributed by atoms with E-state index in [1.165, 1.54) is 31.2 Å². The summed E-state index contributed by atoms with van der Waals surface area (Å²) in [5.41, 5.74) is 1.99. The topological polar surface area (TPSA) is 59.9 Å². The third-order valence-corrected chi connectivity index (χ3v) is 6.35. The molecule has 0 unspecified atom stereocenters. The first-order valence-corrected chi connectivity index (χ1v) is 10.6. The minimum absolute atomic E-state index is 0.0171. The maximum atomic E-state index is 13.2. The van der Waals surface area contributed by atoms with Gasteiger partial charge in [-0.05, 0) is 24.6 Å². The maximum Gasteiger partial charge on any atom is 0.451 e. The molecule has 0 spiro atoms. The number of hydrogen-bond donors (Lipinski definition) is 0. The molecule has 29 heavy (non-hydrogen) atoms. The predicted molar refractivity (Wildman–Crippen MR) is 105 cm³/mol. The summed E-state index contributed by atoms with van der Waals surface area (Å²) in [6.07, 6.45) is -4.76. The van der Waals surface area contributed by atoms with E-state index in [1.54, 1.807) is 24.3 Å². The Kier molecular flexibility index (Phi) is 5.69. The molecular formula is C20H16ClF3N2O2S. The lowest BCUT2D eigenvalue weighted by Gasteiger charge is -2.15. The number of nitrogens with zero attached hydrogens (tertiary/aromatic N) is 2. The molecule has 0 aliphatic carbocycles. The molecule has 0 bridgehead atoms. The smallest absolute Gasteiger partial charge is 0.224 e. The van der Waals surface area contributed by atoms with E-state index < -0.39 is 21.8 Å². The minimum Gasteiger partial charge on any atom is -0.224 e. The van der Waals surface area contributed by atoms with Crippen LogP contribution in [0.2, 0.25) is 5.15 Å². The molecule has 2 aromatic carbocycles. The van der Waals surface area contributed by atoms with Crippen molar-refractivity contribution in [1.29, 1.82) is 0 Å². The van der Waals surface area contributed by atoms with Gasteiger partial charge in [-0.2, -0.15) is 13.2 Å². The molecule has 0 N–H and O–H groups in total. The van der Waals surface area contributed by atoms with Crippen molar-refractivity contribution in [3.8, 4) is 22.4 Å². The Morgan fingerprint density at radius 3 is 2.00 bits per heavy atom. The van der Waals surface area contributed by atoms with Crippen molar-refractivity contribution < 1.29 is 21.6 Å². The van der Waals surface area contributed by atoms with Crippen molar-refractivity contribution in [2.45, 2.75) is 24.9 Å². The highest BCUT2D eigenvalue weighted by Crippen LogP contribution is 2.38. The Labute approximate surface area is 171 Å². The van der Waals surface area contributed by atoms with E-state index in [9.17, 15) is 21.6 Å². The first-order valence-electron chi connectivity index (χ1n) is 8.58. The van der Waals surface area contributed by atoms with Crippen LogP contribution in [0.4, 0.5) is 13.2 Å². The van der Waals surface area contributed by atoms with Gasteiger partial charge in [0.05, 0.1) is 16.3 Å². The summed E-state index contributed by atoms with van der Waals surface area (Å²) in [5, 5.41) is -0.367. The number of rotatable bonds is 4. The van der Waals surface area contributed by atoms with Gasteiger partial charge in [0, 0.05) is 11.1 Å². The normalized spacial score (nSPS) is 12.2. The van der Waals surface area contributed by atoms with Crippen molar-refractivity contribution >= 4 is 21.4 Å². The van der Waals surface area contributed by atoms with Gasteiger partial charge >= 0.3 is 6.18 Å². The summed E-state index contributed by atoms with van der Waals surface area (Å²) in [5.74, 6) is -1.41. The molecule has 1 aromatic heterocycles. The van der Waals surface area contributed by atoms with Crippen LogP contribution in [-0.4, -0.2) is 24.1 Å². The highest BCUT2D eigenvalue weighted by atomic mass is 35.5.